The van der Waals surface area contributed by atoms with E-state index >= 15 is 0 Å². The molecule has 1 N–H and O–H groups in total. The van der Waals surface area contributed by atoms with E-state index in [0.29, 0.717) is 5.56 Å². The molecular formula is C12H12BrNO. The minimum Gasteiger partial charge on any atom is -0.355 e. The zero-order chi connectivity index (χ0) is 11.1. The number of carbonyl (C=O) groups is 1. The predicted octanol–water partition coefficient (Wildman–Crippen LogP) is 2.18. The highest BCUT2D eigenvalue weighted by Crippen LogP contribution is 2.03. The van der Waals surface area contributed by atoms with Crippen molar-refractivity contribution in [3.8, 4) is 11.8 Å². The third-order valence-corrected chi connectivity index (χ3v) is 2.22. The van der Waals surface area contributed by atoms with Crippen LogP contribution in [0.4, 0.5) is 0 Å². The second kappa shape index (κ2) is 6.26. The smallest absolute Gasteiger partial charge is 0.251 e. The third kappa shape index (κ3) is 3.77. The van der Waals surface area contributed by atoms with Crippen LogP contribution in [0.2, 0.25) is 0 Å². The number of carbonyl (C=O) groups excluding carboxylic acids is 1. The van der Waals surface area contributed by atoms with Gasteiger partial charge in [-0.15, -0.1) is 0 Å². The summed E-state index contributed by atoms with van der Waals surface area (Å²) >= 11 is 3.31. The molecule has 1 rings (SSSR count). The summed E-state index contributed by atoms with van der Waals surface area (Å²) in [7, 11) is 1.62. The first kappa shape index (κ1) is 11.8. The first-order chi connectivity index (χ1) is 7.27. The average molecular weight is 266 g/mol. The highest BCUT2D eigenvalue weighted by Gasteiger charge is 2.00. The fourth-order valence-electron chi connectivity index (χ4n) is 1.06. The molecule has 0 radical (unpaired) electrons. The highest BCUT2D eigenvalue weighted by molar-refractivity contribution is 9.09. The summed E-state index contributed by atoms with van der Waals surface area (Å²) in [5.41, 5.74) is 1.59. The van der Waals surface area contributed by atoms with Gasteiger partial charge in [-0.05, 0) is 24.3 Å². The number of amides is 1. The molecular weight excluding hydrogens is 254 g/mol. The molecule has 0 aliphatic carbocycles. The summed E-state index contributed by atoms with van der Waals surface area (Å²) < 4.78 is 0. The average Bonchev–Trinajstić information content (AvgIpc) is 2.29. The maximum absolute atomic E-state index is 11.2. The van der Waals surface area contributed by atoms with Gasteiger partial charge in [-0.2, -0.15) is 0 Å². The highest BCUT2D eigenvalue weighted by atomic mass is 79.9. The Bertz CT molecular complexity index is 386. The first-order valence-corrected chi connectivity index (χ1v) is 5.77. The number of nitrogens with one attached hydrogen (secondary N) is 1. The Morgan fingerprint density at radius 1 is 1.40 bits per heavy atom. The van der Waals surface area contributed by atoms with Crippen LogP contribution in [0.25, 0.3) is 0 Å². The SMILES string of the molecule is CNC(=O)c1ccc(C#CCCBr)cc1. The number of alkyl halides is 1. The van der Waals surface area contributed by atoms with E-state index in [1.165, 1.54) is 0 Å². The molecule has 2 nitrogen and oxygen atoms in total. The molecule has 1 amide bonds. The van der Waals surface area contributed by atoms with E-state index in [9.17, 15) is 4.79 Å². The molecule has 0 bridgehead atoms. The van der Waals surface area contributed by atoms with Crippen molar-refractivity contribution in [1.29, 1.82) is 0 Å². The van der Waals surface area contributed by atoms with E-state index in [-0.39, 0.29) is 5.91 Å². The van der Waals surface area contributed by atoms with Crippen LogP contribution >= 0.6 is 15.9 Å². The largest absolute Gasteiger partial charge is 0.355 e. The van der Waals surface area contributed by atoms with Gasteiger partial charge in [0.05, 0.1) is 0 Å². The normalized spacial score (nSPS) is 8.93. The summed E-state index contributed by atoms with van der Waals surface area (Å²) in [6.45, 7) is 0. The number of benzene rings is 1. The maximum Gasteiger partial charge on any atom is 0.251 e. The van der Waals surface area contributed by atoms with Gasteiger partial charge in [0.15, 0.2) is 0 Å². The Morgan fingerprint density at radius 3 is 2.60 bits per heavy atom. The Morgan fingerprint density at radius 2 is 2.07 bits per heavy atom. The molecule has 0 heterocycles. The molecule has 0 aromatic heterocycles. The molecule has 3 heteroatoms. The van der Waals surface area contributed by atoms with Crippen LogP contribution in [0.3, 0.4) is 0 Å². The lowest BCUT2D eigenvalue weighted by Crippen LogP contribution is -2.17. The molecule has 78 valence electrons. The molecule has 0 atom stereocenters. The zero-order valence-corrected chi connectivity index (χ0v) is 10.1. The zero-order valence-electron chi connectivity index (χ0n) is 8.51. The van der Waals surface area contributed by atoms with Crippen LogP contribution in [0.5, 0.6) is 0 Å². The monoisotopic (exact) mass is 265 g/mol. The van der Waals surface area contributed by atoms with Gasteiger partial charge in [0.1, 0.15) is 0 Å². The maximum atomic E-state index is 11.2. The van der Waals surface area contributed by atoms with Crippen LogP contribution in [0, 0.1) is 11.8 Å². The van der Waals surface area contributed by atoms with Crippen LogP contribution in [0.1, 0.15) is 22.3 Å². The topological polar surface area (TPSA) is 29.1 Å². The number of halogens is 1. The summed E-state index contributed by atoms with van der Waals surface area (Å²) in [5, 5.41) is 3.46. The molecule has 0 unspecified atom stereocenters. The van der Waals surface area contributed by atoms with Gasteiger partial charge < -0.3 is 5.32 Å². The van der Waals surface area contributed by atoms with E-state index in [1.807, 2.05) is 12.1 Å². The van der Waals surface area contributed by atoms with Gasteiger partial charge >= 0.3 is 0 Å². The van der Waals surface area contributed by atoms with E-state index < -0.39 is 0 Å². The van der Waals surface area contributed by atoms with E-state index in [1.54, 1.807) is 19.2 Å². The standard InChI is InChI=1S/C12H12BrNO/c1-14-12(15)11-7-5-10(6-8-11)4-2-3-9-13/h5-8H,3,9H2,1H3,(H,14,15). The van der Waals surface area contributed by atoms with E-state index in [0.717, 1.165) is 17.3 Å². The summed E-state index contributed by atoms with van der Waals surface area (Å²) in [4.78, 5) is 11.2. The molecule has 15 heavy (non-hydrogen) atoms. The fraction of sp³-hybridized carbons (Fsp3) is 0.250. The molecule has 0 aliphatic heterocycles. The van der Waals surface area contributed by atoms with Crippen molar-refractivity contribution in [3.05, 3.63) is 35.4 Å². The molecule has 0 saturated heterocycles. The fourth-order valence-corrected chi connectivity index (χ4v) is 1.26. The third-order valence-electron chi connectivity index (χ3n) is 1.83. The van der Waals surface area contributed by atoms with Crippen LogP contribution in [0.15, 0.2) is 24.3 Å². The number of hydrogen-bond acceptors (Lipinski definition) is 1. The van der Waals surface area contributed by atoms with Gasteiger partial charge in [-0.1, -0.05) is 27.8 Å². The van der Waals surface area contributed by atoms with Crippen molar-refractivity contribution in [3.63, 3.8) is 0 Å². The quantitative estimate of drug-likeness (QED) is 0.645. The summed E-state index contributed by atoms with van der Waals surface area (Å²) in [6, 6.07) is 7.26. The van der Waals surface area contributed by atoms with Crippen molar-refractivity contribution in [1.82, 2.24) is 5.32 Å². The van der Waals surface area contributed by atoms with Gasteiger partial charge in [-0.3, -0.25) is 4.79 Å². The van der Waals surface area contributed by atoms with Crippen molar-refractivity contribution in [2.24, 2.45) is 0 Å². The van der Waals surface area contributed by atoms with Crippen molar-refractivity contribution in [2.75, 3.05) is 12.4 Å². The minimum atomic E-state index is -0.0741. The van der Waals surface area contributed by atoms with Gasteiger partial charge in [0, 0.05) is 29.9 Å². The van der Waals surface area contributed by atoms with Crippen molar-refractivity contribution >= 4 is 21.8 Å². The molecule has 0 aliphatic rings. The van der Waals surface area contributed by atoms with Crippen molar-refractivity contribution < 1.29 is 4.79 Å². The molecule has 1 aromatic carbocycles. The first-order valence-electron chi connectivity index (χ1n) is 4.65. The minimum absolute atomic E-state index is 0.0741. The van der Waals surface area contributed by atoms with Crippen LogP contribution in [-0.4, -0.2) is 18.3 Å². The lowest BCUT2D eigenvalue weighted by molar-refractivity contribution is 0.0963. The Balaban J connectivity index is 2.73. The van der Waals surface area contributed by atoms with Gasteiger partial charge in [-0.25, -0.2) is 0 Å². The van der Waals surface area contributed by atoms with Crippen LogP contribution < -0.4 is 5.32 Å². The molecule has 0 spiro atoms. The lowest BCUT2D eigenvalue weighted by Gasteiger charge is -1.98. The van der Waals surface area contributed by atoms with Gasteiger partial charge in [0.2, 0.25) is 0 Å². The van der Waals surface area contributed by atoms with Crippen LogP contribution in [-0.2, 0) is 0 Å². The lowest BCUT2D eigenvalue weighted by atomic mass is 10.1. The summed E-state index contributed by atoms with van der Waals surface area (Å²) in [6.07, 6.45) is 0.831. The van der Waals surface area contributed by atoms with Crippen molar-refractivity contribution in [2.45, 2.75) is 6.42 Å². The molecule has 0 saturated carbocycles. The Labute approximate surface area is 98.2 Å². The number of rotatable bonds is 2. The summed E-state index contributed by atoms with van der Waals surface area (Å²) in [5.74, 6) is 5.96. The second-order valence-corrected chi connectivity index (χ2v) is 3.69. The van der Waals surface area contributed by atoms with Gasteiger partial charge in [0.25, 0.3) is 5.91 Å². The van der Waals surface area contributed by atoms with E-state index in [2.05, 4.69) is 33.1 Å². The molecule has 1 aromatic rings. The van der Waals surface area contributed by atoms with E-state index in [4.69, 9.17) is 0 Å². The molecule has 0 fully saturated rings. The Hall–Kier alpha value is -1.27. The Kier molecular flexibility index (Phi) is 4.92. The second-order valence-electron chi connectivity index (χ2n) is 2.90. The predicted molar refractivity (Wildman–Crippen MR) is 65.1 cm³/mol. The number of hydrogen-bond donors (Lipinski definition) is 1.